The molecule has 0 aromatic carbocycles. The third-order valence-corrected chi connectivity index (χ3v) is 2.95. The Labute approximate surface area is 99.9 Å². The van der Waals surface area contributed by atoms with Crippen molar-refractivity contribution in [2.75, 3.05) is 19.1 Å². The molecule has 0 amide bonds. The second-order valence-electron chi connectivity index (χ2n) is 2.27. The Bertz CT molecular complexity index is 122. The van der Waals surface area contributed by atoms with Gasteiger partial charge in [-0.15, -0.1) is 0 Å². The van der Waals surface area contributed by atoms with Gasteiger partial charge in [0.25, 0.3) is 0 Å². The summed E-state index contributed by atoms with van der Waals surface area (Å²) < 4.78 is 6.06. The van der Waals surface area contributed by atoms with Crippen molar-refractivity contribution in [2.24, 2.45) is 0 Å². The average molecular weight is 202 g/mol. The Hall–Kier alpha value is 1.53. The first-order valence-electron chi connectivity index (χ1n) is 3.42. The zero-order valence-electron chi connectivity index (χ0n) is 7.85. The summed E-state index contributed by atoms with van der Waals surface area (Å²) in [5.74, 6) is 0. The standard InChI is InChI=1S/C7H16OS2.Na/c1-4-5-6-8-7(9)10(2)3;/h9H,4-6H2,1-3H3;/q;+1/p-1. The maximum atomic E-state index is 5.29. The molecule has 0 N–H and O–H groups in total. The van der Waals surface area contributed by atoms with Gasteiger partial charge in [-0.25, -0.2) is 0 Å². The van der Waals surface area contributed by atoms with Crippen LogP contribution in [0.15, 0.2) is 0 Å². The van der Waals surface area contributed by atoms with Gasteiger partial charge in [0.1, 0.15) is 0 Å². The predicted molar refractivity (Wildman–Crippen MR) is 52.7 cm³/mol. The van der Waals surface area contributed by atoms with Crippen LogP contribution in [0, 0.1) is 0 Å². The van der Waals surface area contributed by atoms with Crippen molar-refractivity contribution in [3.05, 3.63) is 0 Å². The van der Waals surface area contributed by atoms with Gasteiger partial charge in [0.15, 0.2) is 0 Å². The number of rotatable bonds is 3. The predicted octanol–water partition coefficient (Wildman–Crippen LogP) is -1.03. The van der Waals surface area contributed by atoms with E-state index in [1.807, 2.05) is 0 Å². The van der Waals surface area contributed by atoms with Crippen molar-refractivity contribution in [1.29, 1.82) is 0 Å². The van der Waals surface area contributed by atoms with Crippen molar-refractivity contribution >= 4 is 27.5 Å². The fourth-order valence-corrected chi connectivity index (χ4v) is 0.820. The van der Waals surface area contributed by atoms with E-state index in [4.69, 9.17) is 17.4 Å². The maximum Gasteiger partial charge on any atom is 1.00 e. The van der Waals surface area contributed by atoms with Gasteiger partial charge in [0.05, 0.1) is 6.61 Å². The molecule has 0 unspecified atom stereocenters. The largest absolute Gasteiger partial charge is 1.00 e. The maximum absolute atomic E-state index is 5.29. The fourth-order valence-electron chi connectivity index (χ4n) is 0.418. The van der Waals surface area contributed by atoms with Crippen molar-refractivity contribution in [2.45, 2.75) is 19.8 Å². The van der Waals surface area contributed by atoms with Crippen molar-refractivity contribution < 1.29 is 34.3 Å². The number of unbranched alkanes of at least 4 members (excludes halogenated alkanes) is 1. The topological polar surface area (TPSA) is 9.23 Å². The van der Waals surface area contributed by atoms with Gasteiger partial charge in [-0.3, -0.25) is 0 Å². The third-order valence-electron chi connectivity index (χ3n) is 1.05. The summed E-state index contributed by atoms with van der Waals surface area (Å²) in [6, 6.07) is 0. The third kappa shape index (κ3) is 9.44. The minimum absolute atomic E-state index is 0. The average Bonchev–Trinajstić information content (AvgIpc) is 1.88. The molecule has 62 valence electrons. The quantitative estimate of drug-likeness (QED) is 0.250. The van der Waals surface area contributed by atoms with E-state index in [0.717, 1.165) is 17.4 Å². The van der Waals surface area contributed by atoms with Crippen LogP contribution in [0.4, 0.5) is 0 Å². The molecule has 4 heteroatoms. The first kappa shape index (κ1) is 15.0. The van der Waals surface area contributed by atoms with Crippen LogP contribution in [0.1, 0.15) is 19.8 Å². The van der Waals surface area contributed by atoms with Crippen LogP contribution in [-0.4, -0.2) is 23.5 Å². The second-order valence-corrected chi connectivity index (χ2v) is 4.90. The minimum atomic E-state index is 0. The molecular formula is C7H15NaOS2. The van der Waals surface area contributed by atoms with Crippen LogP contribution in [0.25, 0.3) is 0 Å². The van der Waals surface area contributed by atoms with E-state index < -0.39 is 0 Å². The molecule has 0 aromatic heterocycles. The van der Waals surface area contributed by atoms with E-state index >= 15 is 0 Å². The Kier molecular flexibility index (Phi) is 13.1. The van der Waals surface area contributed by atoms with Crippen LogP contribution in [0.2, 0.25) is 0 Å². The van der Waals surface area contributed by atoms with Gasteiger partial charge in [0.2, 0.25) is 0 Å². The Morgan fingerprint density at radius 2 is 2.00 bits per heavy atom. The SMILES string of the molecule is CCCCOC([S-])=S(C)C.[Na+]. The summed E-state index contributed by atoms with van der Waals surface area (Å²) >= 11 is 4.98. The van der Waals surface area contributed by atoms with Gasteiger partial charge < -0.3 is 17.4 Å². The molecule has 0 fully saturated rings. The normalized spacial score (nSPS) is 9.55. The Morgan fingerprint density at radius 1 is 1.45 bits per heavy atom. The smallest absolute Gasteiger partial charge is 0.725 e. The molecule has 0 heterocycles. The fraction of sp³-hybridized carbons (Fsp3) is 0.857. The Balaban J connectivity index is 0. The van der Waals surface area contributed by atoms with E-state index in [9.17, 15) is 0 Å². The summed E-state index contributed by atoms with van der Waals surface area (Å²) in [6.45, 7) is 2.94. The van der Waals surface area contributed by atoms with Crippen LogP contribution < -0.4 is 29.6 Å². The van der Waals surface area contributed by atoms with E-state index in [1.165, 1.54) is 6.42 Å². The van der Waals surface area contributed by atoms with E-state index in [0.29, 0.717) is 0 Å². The molecule has 0 aromatic rings. The molecule has 0 aliphatic heterocycles. The molecule has 0 atom stereocenters. The van der Waals surface area contributed by atoms with Crippen LogP contribution in [0.3, 0.4) is 0 Å². The summed E-state index contributed by atoms with van der Waals surface area (Å²) in [5, 5.41) is 0. The number of ether oxygens (including phenoxy) is 1. The van der Waals surface area contributed by atoms with Gasteiger partial charge >= 0.3 is 29.6 Å². The van der Waals surface area contributed by atoms with Crippen LogP contribution >= 0.6 is 10.5 Å². The monoisotopic (exact) mass is 202 g/mol. The summed E-state index contributed by atoms with van der Waals surface area (Å²) in [7, 11) is 0.145. The van der Waals surface area contributed by atoms with E-state index in [1.54, 1.807) is 0 Å². The molecule has 0 spiro atoms. The molecule has 0 saturated carbocycles. The first-order chi connectivity index (χ1) is 4.68. The van der Waals surface area contributed by atoms with Gasteiger partial charge in [-0.1, -0.05) is 17.7 Å². The second kappa shape index (κ2) is 9.62. The summed E-state index contributed by atoms with van der Waals surface area (Å²) in [4.78, 5) is 0. The molecule has 0 radical (unpaired) electrons. The molecular weight excluding hydrogens is 187 g/mol. The number of hydrogen-bond donors (Lipinski definition) is 0. The van der Waals surface area contributed by atoms with Gasteiger partial charge in [-0.2, -0.15) is 10.5 Å². The van der Waals surface area contributed by atoms with Crippen molar-refractivity contribution in [3.63, 3.8) is 0 Å². The molecule has 0 saturated heterocycles. The van der Waals surface area contributed by atoms with Gasteiger partial charge in [-0.05, 0) is 18.9 Å². The Morgan fingerprint density at radius 3 is 2.36 bits per heavy atom. The van der Waals surface area contributed by atoms with Crippen molar-refractivity contribution in [1.82, 2.24) is 0 Å². The van der Waals surface area contributed by atoms with E-state index in [2.05, 4.69) is 19.4 Å². The zero-order chi connectivity index (χ0) is 7.98. The number of hydrogen-bond acceptors (Lipinski definition) is 2. The molecule has 11 heavy (non-hydrogen) atoms. The van der Waals surface area contributed by atoms with E-state index in [-0.39, 0.29) is 40.0 Å². The summed E-state index contributed by atoms with van der Waals surface area (Å²) in [6.07, 6.45) is 6.43. The molecule has 0 bridgehead atoms. The summed E-state index contributed by atoms with van der Waals surface area (Å²) in [5.41, 5.74) is 0. The zero-order valence-corrected chi connectivity index (χ0v) is 11.5. The van der Waals surface area contributed by atoms with Crippen LogP contribution in [-0.2, 0) is 17.4 Å². The molecule has 0 aliphatic carbocycles. The van der Waals surface area contributed by atoms with Gasteiger partial charge in [0, 0.05) is 0 Å². The van der Waals surface area contributed by atoms with Crippen LogP contribution in [0.5, 0.6) is 0 Å². The molecule has 1 nitrogen and oxygen atoms in total. The minimum Gasteiger partial charge on any atom is -0.725 e. The molecule has 0 rings (SSSR count). The van der Waals surface area contributed by atoms with Crippen molar-refractivity contribution in [3.8, 4) is 0 Å². The first-order valence-corrected chi connectivity index (χ1v) is 5.87. The molecule has 0 aliphatic rings.